The Bertz CT molecular complexity index is 733. The van der Waals surface area contributed by atoms with Gasteiger partial charge in [0, 0.05) is 12.5 Å². The maximum Gasteiger partial charge on any atom is 0.226 e. The fourth-order valence-electron chi connectivity index (χ4n) is 3.54. The number of nitrogens with zero attached hydrogens (tertiary/aromatic N) is 4. The first-order valence-corrected chi connectivity index (χ1v) is 8.64. The van der Waals surface area contributed by atoms with Gasteiger partial charge in [0.2, 0.25) is 5.28 Å². The lowest BCUT2D eigenvalue weighted by molar-refractivity contribution is -0.0486. The molecule has 24 heavy (non-hydrogen) atoms. The highest BCUT2D eigenvalue weighted by atomic mass is 35.5. The molecule has 1 saturated carbocycles. The van der Waals surface area contributed by atoms with Crippen molar-refractivity contribution >= 4 is 28.6 Å². The quantitative estimate of drug-likeness (QED) is 0.715. The van der Waals surface area contributed by atoms with Gasteiger partial charge in [-0.2, -0.15) is 9.97 Å². The molecule has 2 aromatic rings. The number of nitrogens with one attached hydrogen (secondary N) is 1. The summed E-state index contributed by atoms with van der Waals surface area (Å²) < 4.78 is 7.34. The van der Waals surface area contributed by atoms with E-state index >= 15 is 0 Å². The average Bonchev–Trinajstić information content (AvgIpc) is 3.27. The number of aliphatic hydroxyl groups is 2. The molecule has 8 nitrogen and oxygen atoms in total. The first-order valence-electron chi connectivity index (χ1n) is 8.26. The van der Waals surface area contributed by atoms with Crippen LogP contribution in [0.15, 0.2) is 6.33 Å². The molecule has 0 unspecified atom stereocenters. The number of hydrogen-bond acceptors (Lipinski definition) is 7. The minimum Gasteiger partial charge on any atom is -0.394 e. The van der Waals surface area contributed by atoms with E-state index in [4.69, 9.17) is 16.3 Å². The molecule has 1 saturated heterocycles. The molecule has 9 heteroatoms. The van der Waals surface area contributed by atoms with Gasteiger partial charge in [0.15, 0.2) is 23.2 Å². The minimum atomic E-state index is -0.737. The Hall–Kier alpha value is -1.48. The zero-order chi connectivity index (χ0) is 16.7. The van der Waals surface area contributed by atoms with Gasteiger partial charge in [-0.05, 0) is 24.4 Å². The number of aromatic nitrogens is 4. The molecule has 2 aromatic heterocycles. The Morgan fingerprint density at radius 2 is 2.12 bits per heavy atom. The van der Waals surface area contributed by atoms with Gasteiger partial charge in [-0.1, -0.05) is 12.8 Å². The molecular formula is C15H20ClN5O3. The molecule has 0 aromatic carbocycles. The van der Waals surface area contributed by atoms with Crippen LogP contribution in [-0.2, 0) is 4.74 Å². The van der Waals surface area contributed by atoms with E-state index in [-0.39, 0.29) is 11.9 Å². The van der Waals surface area contributed by atoms with E-state index in [1.165, 1.54) is 12.8 Å². The highest BCUT2D eigenvalue weighted by Gasteiger charge is 2.36. The van der Waals surface area contributed by atoms with Crippen LogP contribution in [0.2, 0.25) is 5.28 Å². The summed E-state index contributed by atoms with van der Waals surface area (Å²) in [5, 5.41) is 23.0. The summed E-state index contributed by atoms with van der Waals surface area (Å²) in [7, 11) is 0. The zero-order valence-electron chi connectivity index (χ0n) is 13.1. The standard InChI is InChI=1S/C15H20ClN5O3/c16-15-19-12(18-8-3-1-2-4-8)11-13(20-15)21(7-17-11)14-10(23)5-9(6-22)24-14/h7-10,14,22-23H,1-6H2,(H,18,19,20)/t9-,10+,14+/m0/s1. The van der Waals surface area contributed by atoms with Crippen LogP contribution in [0.4, 0.5) is 5.82 Å². The first-order chi connectivity index (χ1) is 11.7. The van der Waals surface area contributed by atoms with E-state index in [0.29, 0.717) is 29.4 Å². The van der Waals surface area contributed by atoms with Crippen LogP contribution in [0.25, 0.3) is 11.2 Å². The Morgan fingerprint density at radius 3 is 2.83 bits per heavy atom. The van der Waals surface area contributed by atoms with Crippen LogP contribution in [0.5, 0.6) is 0 Å². The molecule has 3 heterocycles. The Labute approximate surface area is 143 Å². The number of fused-ring (bicyclic) bond motifs is 1. The third-order valence-electron chi connectivity index (χ3n) is 4.73. The maximum absolute atomic E-state index is 10.2. The second-order valence-electron chi connectivity index (χ2n) is 6.43. The Kier molecular flexibility index (Phi) is 4.29. The largest absolute Gasteiger partial charge is 0.394 e. The minimum absolute atomic E-state index is 0.121. The van der Waals surface area contributed by atoms with Crippen LogP contribution in [0.1, 0.15) is 38.3 Å². The molecule has 4 rings (SSSR count). The number of anilines is 1. The van der Waals surface area contributed by atoms with Crippen molar-refractivity contribution in [2.24, 2.45) is 0 Å². The van der Waals surface area contributed by atoms with E-state index in [2.05, 4.69) is 20.3 Å². The third kappa shape index (κ3) is 2.83. The summed E-state index contributed by atoms with van der Waals surface area (Å²) in [6.07, 6.45) is 4.79. The molecule has 2 aliphatic rings. The molecule has 1 aliphatic carbocycles. The normalized spacial score (nSPS) is 28.0. The molecule has 3 atom stereocenters. The van der Waals surface area contributed by atoms with E-state index in [1.807, 2.05) is 0 Å². The monoisotopic (exact) mass is 353 g/mol. The van der Waals surface area contributed by atoms with Gasteiger partial charge in [0.25, 0.3) is 0 Å². The molecule has 1 aliphatic heterocycles. The van der Waals surface area contributed by atoms with Crippen molar-refractivity contribution in [2.75, 3.05) is 11.9 Å². The summed E-state index contributed by atoms with van der Waals surface area (Å²) >= 11 is 6.09. The van der Waals surface area contributed by atoms with Crippen molar-refractivity contribution in [3.63, 3.8) is 0 Å². The molecule has 0 bridgehead atoms. The molecule has 130 valence electrons. The highest BCUT2D eigenvalue weighted by molar-refractivity contribution is 6.28. The zero-order valence-corrected chi connectivity index (χ0v) is 13.9. The molecule has 0 radical (unpaired) electrons. The SMILES string of the molecule is OC[C@@H]1C[C@@H](O)[C@H](n2cnc3c(NC4CCCC4)nc(Cl)nc32)O1. The number of hydrogen-bond donors (Lipinski definition) is 3. The van der Waals surface area contributed by atoms with Gasteiger partial charge >= 0.3 is 0 Å². The highest BCUT2D eigenvalue weighted by Crippen LogP contribution is 2.33. The predicted octanol–water partition coefficient (Wildman–Crippen LogP) is 1.47. The number of halogens is 1. The first kappa shape index (κ1) is 16.0. The molecule has 3 N–H and O–H groups in total. The maximum atomic E-state index is 10.2. The fourth-order valence-corrected chi connectivity index (χ4v) is 3.70. The smallest absolute Gasteiger partial charge is 0.226 e. The second kappa shape index (κ2) is 6.44. The van der Waals surface area contributed by atoms with Crippen molar-refractivity contribution in [1.82, 2.24) is 19.5 Å². The number of aliphatic hydroxyl groups excluding tert-OH is 2. The lowest BCUT2D eigenvalue weighted by Crippen LogP contribution is -2.20. The average molecular weight is 354 g/mol. The lowest BCUT2D eigenvalue weighted by Gasteiger charge is -2.17. The van der Waals surface area contributed by atoms with Gasteiger partial charge in [-0.3, -0.25) is 4.57 Å². The van der Waals surface area contributed by atoms with E-state index in [1.54, 1.807) is 10.9 Å². The third-order valence-corrected chi connectivity index (χ3v) is 4.90. The van der Waals surface area contributed by atoms with Crippen LogP contribution < -0.4 is 5.32 Å². The Balaban J connectivity index is 1.69. The summed E-state index contributed by atoms with van der Waals surface area (Å²) in [6.45, 7) is -0.135. The topological polar surface area (TPSA) is 105 Å². The summed E-state index contributed by atoms with van der Waals surface area (Å²) in [5.74, 6) is 0.613. The van der Waals surface area contributed by atoms with Crippen LogP contribution in [0, 0.1) is 0 Å². The molecule has 0 spiro atoms. The van der Waals surface area contributed by atoms with Gasteiger partial charge < -0.3 is 20.3 Å². The number of imidazole rings is 1. The fraction of sp³-hybridized carbons (Fsp3) is 0.667. The van der Waals surface area contributed by atoms with Crippen molar-refractivity contribution in [3.8, 4) is 0 Å². The van der Waals surface area contributed by atoms with E-state index in [0.717, 1.165) is 12.8 Å². The van der Waals surface area contributed by atoms with Gasteiger partial charge in [0.1, 0.15) is 6.10 Å². The van der Waals surface area contributed by atoms with Gasteiger partial charge in [-0.15, -0.1) is 0 Å². The summed E-state index contributed by atoms with van der Waals surface area (Å²) in [6, 6.07) is 0.372. The van der Waals surface area contributed by atoms with E-state index in [9.17, 15) is 10.2 Å². The number of ether oxygens (including phenoxy) is 1. The number of rotatable bonds is 4. The molecule has 0 amide bonds. The predicted molar refractivity (Wildman–Crippen MR) is 87.8 cm³/mol. The molecule has 2 fully saturated rings. The van der Waals surface area contributed by atoms with Crippen molar-refractivity contribution in [2.45, 2.75) is 56.6 Å². The van der Waals surface area contributed by atoms with Crippen molar-refractivity contribution in [3.05, 3.63) is 11.6 Å². The van der Waals surface area contributed by atoms with Crippen molar-refractivity contribution < 1.29 is 14.9 Å². The summed E-state index contributed by atoms with van der Waals surface area (Å²) in [4.78, 5) is 12.9. The second-order valence-corrected chi connectivity index (χ2v) is 6.76. The van der Waals surface area contributed by atoms with Crippen LogP contribution in [-0.4, -0.2) is 54.6 Å². The Morgan fingerprint density at radius 1 is 1.33 bits per heavy atom. The van der Waals surface area contributed by atoms with Gasteiger partial charge in [-0.25, -0.2) is 4.98 Å². The lowest BCUT2D eigenvalue weighted by atomic mass is 10.2. The van der Waals surface area contributed by atoms with Crippen LogP contribution >= 0.6 is 11.6 Å². The molecular weight excluding hydrogens is 334 g/mol. The van der Waals surface area contributed by atoms with Crippen LogP contribution in [0.3, 0.4) is 0 Å². The van der Waals surface area contributed by atoms with E-state index < -0.39 is 18.4 Å². The van der Waals surface area contributed by atoms with Gasteiger partial charge in [0.05, 0.1) is 19.0 Å². The summed E-state index contributed by atoms with van der Waals surface area (Å²) in [5.41, 5.74) is 1.12. The van der Waals surface area contributed by atoms with Crippen molar-refractivity contribution in [1.29, 1.82) is 0 Å².